The summed E-state index contributed by atoms with van der Waals surface area (Å²) in [6, 6.07) is 3.02. The molecule has 0 fully saturated rings. The van der Waals surface area contributed by atoms with E-state index in [-0.39, 0.29) is 28.9 Å². The quantitative estimate of drug-likeness (QED) is 0.0706. The van der Waals surface area contributed by atoms with Crippen LogP contribution in [0.4, 0.5) is 0 Å². The van der Waals surface area contributed by atoms with Gasteiger partial charge in [-0.25, -0.2) is 24.0 Å². The predicted molar refractivity (Wildman–Crippen MR) is 173 cm³/mol. The topological polar surface area (TPSA) is 259 Å². The molecule has 0 amide bonds. The van der Waals surface area contributed by atoms with Crippen molar-refractivity contribution in [3.05, 3.63) is 71.8 Å². The van der Waals surface area contributed by atoms with E-state index < -0.39 is 124 Å². The molecule has 0 bridgehead atoms. The molecule has 0 spiro atoms. The molecule has 0 aromatic heterocycles. The minimum Gasteiger partial charge on any atom is -0.481 e. The fraction of sp³-hybridized carbons (Fsp3) is 0.382. The van der Waals surface area contributed by atoms with E-state index in [0.717, 1.165) is 18.2 Å². The van der Waals surface area contributed by atoms with Crippen molar-refractivity contribution in [3.8, 4) is 0 Å². The van der Waals surface area contributed by atoms with Gasteiger partial charge in [-0.1, -0.05) is 25.8 Å². The second-order valence-corrected chi connectivity index (χ2v) is 10.6. The van der Waals surface area contributed by atoms with Gasteiger partial charge in [0.2, 0.25) is 0 Å². The van der Waals surface area contributed by atoms with Crippen LogP contribution in [-0.2, 0) is 61.9 Å². The Bertz CT molecular complexity index is 1570. The lowest BCUT2D eigenvalue weighted by molar-refractivity contribution is -0.160. The number of carboxylic acids is 2. The van der Waals surface area contributed by atoms with Crippen molar-refractivity contribution in [1.82, 2.24) is 0 Å². The normalized spacial score (nSPS) is 11.3. The van der Waals surface area contributed by atoms with Crippen LogP contribution in [0.1, 0.15) is 70.6 Å². The molecule has 18 heteroatoms. The fourth-order valence-corrected chi connectivity index (χ4v) is 3.45. The average molecular weight is 735 g/mol. The molecule has 0 heterocycles. The lowest BCUT2D eigenvalue weighted by atomic mass is 10.0. The molecular weight excluding hydrogens is 696 g/mol. The largest absolute Gasteiger partial charge is 0.481 e. The highest BCUT2D eigenvalue weighted by molar-refractivity contribution is 6.05. The van der Waals surface area contributed by atoms with Gasteiger partial charge in [-0.05, 0) is 32.0 Å². The van der Waals surface area contributed by atoms with Gasteiger partial charge in [0.1, 0.15) is 33.0 Å². The Morgan fingerprint density at radius 1 is 0.615 bits per heavy atom. The maximum Gasteiger partial charge on any atom is 0.339 e. The molecule has 1 aromatic rings. The number of benzene rings is 1. The van der Waals surface area contributed by atoms with E-state index in [2.05, 4.69) is 19.7 Å². The zero-order valence-electron chi connectivity index (χ0n) is 28.4. The summed E-state index contributed by atoms with van der Waals surface area (Å²) in [4.78, 5) is 109. The van der Waals surface area contributed by atoms with Gasteiger partial charge >= 0.3 is 53.7 Å². The van der Waals surface area contributed by atoms with E-state index in [1.165, 1.54) is 19.9 Å². The van der Waals surface area contributed by atoms with Crippen molar-refractivity contribution in [3.63, 3.8) is 0 Å². The molecule has 0 aliphatic rings. The molecule has 1 aromatic carbocycles. The number of carbonyl (C=O) groups is 9. The third-order valence-corrected chi connectivity index (χ3v) is 6.01. The van der Waals surface area contributed by atoms with Gasteiger partial charge in [0.05, 0.1) is 42.4 Å². The van der Waals surface area contributed by atoms with Gasteiger partial charge in [0, 0.05) is 11.1 Å². The van der Waals surface area contributed by atoms with Crippen LogP contribution in [0.15, 0.2) is 55.2 Å². The Hall–Kier alpha value is -6.33. The number of carboxylic acid groups (broad SMARTS) is 2. The van der Waals surface area contributed by atoms with Crippen molar-refractivity contribution >= 4 is 53.7 Å². The van der Waals surface area contributed by atoms with Gasteiger partial charge < -0.3 is 43.4 Å². The van der Waals surface area contributed by atoms with E-state index in [0.29, 0.717) is 0 Å². The molecule has 0 saturated heterocycles. The smallest absolute Gasteiger partial charge is 0.339 e. The zero-order chi connectivity index (χ0) is 39.4. The van der Waals surface area contributed by atoms with Gasteiger partial charge in [-0.15, -0.1) is 0 Å². The summed E-state index contributed by atoms with van der Waals surface area (Å²) in [7, 11) is 0. The van der Waals surface area contributed by atoms with Crippen molar-refractivity contribution < 1.29 is 86.5 Å². The van der Waals surface area contributed by atoms with Gasteiger partial charge in [-0.2, -0.15) is 0 Å². The van der Waals surface area contributed by atoms with Crippen LogP contribution in [0, 0.1) is 0 Å². The molecular formula is C34H38O18. The maximum absolute atomic E-state index is 13.3. The van der Waals surface area contributed by atoms with E-state index in [9.17, 15) is 43.2 Å². The molecule has 2 N–H and O–H groups in total. The van der Waals surface area contributed by atoms with E-state index in [4.69, 9.17) is 43.4 Å². The third kappa shape index (κ3) is 16.9. The number of hydrogen-bond donors (Lipinski definition) is 2. The van der Waals surface area contributed by atoms with Crippen molar-refractivity contribution in [1.29, 1.82) is 0 Å². The first kappa shape index (κ1) is 43.7. The molecule has 0 aliphatic carbocycles. The van der Waals surface area contributed by atoms with Crippen molar-refractivity contribution in [2.75, 3.05) is 33.0 Å². The Balaban J connectivity index is 3.27. The van der Waals surface area contributed by atoms with Crippen LogP contribution in [0.3, 0.4) is 0 Å². The molecule has 0 radical (unpaired) electrons. The molecule has 18 nitrogen and oxygen atoms in total. The number of ether oxygens (including phenoxy) is 7. The average Bonchev–Trinajstić information content (AvgIpc) is 3.09. The first-order chi connectivity index (χ1) is 24.4. The highest BCUT2D eigenvalue weighted by Gasteiger charge is 2.26. The molecule has 2 atom stereocenters. The molecule has 2 unspecified atom stereocenters. The summed E-state index contributed by atoms with van der Waals surface area (Å²) < 4.78 is 35.5. The number of aliphatic carboxylic acids is 2. The van der Waals surface area contributed by atoms with Crippen molar-refractivity contribution in [2.45, 2.75) is 51.7 Å². The predicted octanol–water partition coefficient (Wildman–Crippen LogP) is 2.13. The lowest BCUT2D eigenvalue weighted by Gasteiger charge is -2.19. The Labute approximate surface area is 296 Å². The van der Waals surface area contributed by atoms with Gasteiger partial charge in [-0.3, -0.25) is 19.2 Å². The minimum absolute atomic E-state index is 0.00475. The number of esters is 7. The summed E-state index contributed by atoms with van der Waals surface area (Å²) in [6.45, 7) is 9.96. The van der Waals surface area contributed by atoms with Crippen LogP contribution >= 0.6 is 0 Å². The third-order valence-electron chi connectivity index (χ3n) is 6.01. The summed E-state index contributed by atoms with van der Waals surface area (Å²) >= 11 is 0. The number of carbonyl (C=O) groups excluding carboxylic acids is 7. The lowest BCUT2D eigenvalue weighted by Crippen LogP contribution is -2.31. The van der Waals surface area contributed by atoms with Crippen molar-refractivity contribution in [2.24, 2.45) is 0 Å². The fourth-order valence-electron chi connectivity index (χ4n) is 3.45. The zero-order valence-corrected chi connectivity index (χ0v) is 28.4. The van der Waals surface area contributed by atoms with Crippen LogP contribution in [0.2, 0.25) is 0 Å². The first-order valence-corrected chi connectivity index (χ1v) is 15.2. The van der Waals surface area contributed by atoms with E-state index in [1.807, 2.05) is 0 Å². The highest BCUT2D eigenvalue weighted by atomic mass is 16.6. The molecule has 0 aliphatic heterocycles. The van der Waals surface area contributed by atoms with Crippen LogP contribution in [0.25, 0.3) is 0 Å². The maximum atomic E-state index is 13.3. The molecule has 52 heavy (non-hydrogen) atoms. The van der Waals surface area contributed by atoms with E-state index >= 15 is 0 Å². The summed E-state index contributed by atoms with van der Waals surface area (Å²) in [5.74, 6) is -9.74. The molecule has 1 rings (SSSR count). The highest BCUT2D eigenvalue weighted by Crippen LogP contribution is 2.18. The Morgan fingerprint density at radius 3 is 1.46 bits per heavy atom. The standard InChI is InChI=1S/C34H38O18/c1-6-13-46-33(44)24-8-7-21(32(43)49-17-22(15-47-30(41)19(2)3)51-28(39)11-9-26(35)36)14-25(24)34(45)50-18-23(16-48-31(42)20(4)5)52-29(40)12-10-27(37)38/h6-8,14,22-23H,1-2,4,9-13,15-18H2,3,5H3,(H,35,36)(H,37,38). The minimum atomic E-state index is -1.44. The molecule has 0 saturated carbocycles. The second-order valence-electron chi connectivity index (χ2n) is 10.6. The summed E-state index contributed by atoms with van der Waals surface area (Å²) in [5.41, 5.74) is -1.26. The summed E-state index contributed by atoms with van der Waals surface area (Å²) in [5, 5.41) is 17.6. The van der Waals surface area contributed by atoms with Crippen LogP contribution in [-0.4, -0.2) is 109 Å². The van der Waals surface area contributed by atoms with Crippen LogP contribution < -0.4 is 0 Å². The summed E-state index contributed by atoms with van der Waals surface area (Å²) in [6.07, 6.45) is -3.82. The van der Waals surface area contributed by atoms with Crippen LogP contribution in [0.5, 0.6) is 0 Å². The SMILES string of the molecule is C=CCOC(=O)c1ccc(C(=O)OCC(COC(=O)C(=C)C)OC(=O)CCC(=O)O)cc1C(=O)OCC(COC(=O)C(=C)C)OC(=O)CCC(=O)O. The molecule has 282 valence electrons. The van der Waals surface area contributed by atoms with E-state index in [1.54, 1.807) is 0 Å². The van der Waals surface area contributed by atoms with Gasteiger partial charge in [0.25, 0.3) is 0 Å². The Morgan fingerprint density at radius 2 is 1.04 bits per heavy atom. The van der Waals surface area contributed by atoms with Gasteiger partial charge in [0.15, 0.2) is 12.2 Å². The Kier molecular flexibility index (Phi) is 18.8. The second kappa shape index (κ2) is 22.4. The number of rotatable bonds is 23. The monoisotopic (exact) mass is 734 g/mol. The first-order valence-electron chi connectivity index (χ1n) is 15.2. The number of hydrogen-bond acceptors (Lipinski definition) is 16.